The van der Waals surface area contributed by atoms with Crippen molar-refractivity contribution < 1.29 is 24.6 Å². The molecule has 11 heteroatoms. The van der Waals surface area contributed by atoms with Gasteiger partial charge in [-0.25, -0.2) is 4.79 Å². The minimum absolute atomic E-state index is 0.0546. The molecule has 2 aromatic rings. The molecule has 2 atom stereocenters. The van der Waals surface area contributed by atoms with E-state index in [1.54, 1.807) is 16.5 Å². The predicted octanol–water partition coefficient (Wildman–Crippen LogP) is 2.78. The van der Waals surface area contributed by atoms with E-state index in [0.717, 1.165) is 35.6 Å². The maximum Gasteiger partial charge on any atom is 0.408 e. The van der Waals surface area contributed by atoms with Gasteiger partial charge in [0, 0.05) is 36.8 Å². The first-order valence-corrected chi connectivity index (χ1v) is 11.1. The van der Waals surface area contributed by atoms with Crippen LogP contribution in [0.4, 0.5) is 10.5 Å². The monoisotopic (exact) mass is 474 g/mol. The van der Waals surface area contributed by atoms with Crippen molar-refractivity contribution in [1.82, 2.24) is 24.8 Å². The fourth-order valence-electron chi connectivity index (χ4n) is 4.29. The van der Waals surface area contributed by atoms with Gasteiger partial charge < -0.3 is 20.0 Å². The number of carbonyl (C=O) groups is 3. The zero-order valence-corrected chi connectivity index (χ0v) is 20.5. The molecule has 34 heavy (non-hydrogen) atoms. The first-order valence-electron chi connectivity index (χ1n) is 11.1. The smallest absolute Gasteiger partial charge is 0.408 e. The Morgan fingerprint density at radius 3 is 2.47 bits per heavy atom. The van der Waals surface area contributed by atoms with Crippen LogP contribution in [0, 0.1) is 0 Å². The lowest BCUT2D eigenvalue weighted by molar-refractivity contribution is -0.123. The molecule has 2 N–H and O–H groups in total. The molecule has 0 bridgehead atoms. The summed E-state index contributed by atoms with van der Waals surface area (Å²) >= 11 is 0. The second kappa shape index (κ2) is 11.6. The van der Waals surface area contributed by atoms with Crippen molar-refractivity contribution in [2.75, 3.05) is 25.5 Å². The second-order valence-electron chi connectivity index (χ2n) is 8.82. The van der Waals surface area contributed by atoms with E-state index in [1.807, 2.05) is 59.3 Å². The average molecular weight is 475 g/mol. The Morgan fingerprint density at radius 1 is 1.29 bits per heavy atom. The number of anilines is 1. The van der Waals surface area contributed by atoms with Crippen molar-refractivity contribution in [1.29, 1.82) is 0 Å². The first kappa shape index (κ1) is 26.8. The summed E-state index contributed by atoms with van der Waals surface area (Å²) in [5.41, 5.74) is 3.16. The van der Waals surface area contributed by atoms with Crippen molar-refractivity contribution >= 4 is 24.2 Å². The molecule has 3 rings (SSSR count). The van der Waals surface area contributed by atoms with E-state index in [4.69, 9.17) is 9.90 Å². The van der Waals surface area contributed by atoms with Gasteiger partial charge in [-0.15, -0.1) is 5.10 Å². The van der Waals surface area contributed by atoms with E-state index >= 15 is 0 Å². The Hall–Kier alpha value is -3.47. The molecule has 11 nitrogen and oxygen atoms in total. The van der Waals surface area contributed by atoms with Gasteiger partial charge >= 0.3 is 6.09 Å². The lowest BCUT2D eigenvalue weighted by Crippen LogP contribution is -2.48. The highest BCUT2D eigenvalue weighted by molar-refractivity contribution is 5.94. The quantitative estimate of drug-likeness (QED) is 0.611. The number of amides is 2. The van der Waals surface area contributed by atoms with Crippen molar-refractivity contribution in [3.05, 3.63) is 30.0 Å². The Kier molecular flexibility index (Phi) is 9.13. The topological polar surface area (TPSA) is 132 Å². The molecule has 0 spiro atoms. The summed E-state index contributed by atoms with van der Waals surface area (Å²) in [4.78, 5) is 38.1. The molecular weight excluding hydrogens is 440 g/mol. The van der Waals surface area contributed by atoms with Crippen LogP contribution in [0.1, 0.15) is 45.7 Å². The molecule has 1 aliphatic rings. The Balaban J connectivity index is 0.00000129. The third-order valence-corrected chi connectivity index (χ3v) is 5.71. The summed E-state index contributed by atoms with van der Waals surface area (Å²) in [6.07, 6.45) is 1.47. The standard InChI is InChI=1S/C22H32N6O3.CH2O2/c1-14(2)27(22(30)31)21-11-15(3)28(16(4)29)20-8-7-17(12-18(20)21)19-13-26(24-23-19)10-9-25(5)6;2-1-3/h7-8,12-15,21H,9-11H2,1-6H3,(H,30,31);1H,(H,2,3)/t15-,21+;/m0./s1. The van der Waals surface area contributed by atoms with Crippen molar-refractivity contribution in [2.45, 2.75) is 58.8 Å². The summed E-state index contributed by atoms with van der Waals surface area (Å²) in [7, 11) is 4.01. The lowest BCUT2D eigenvalue weighted by Gasteiger charge is -2.43. The number of carbonyl (C=O) groups excluding carboxylic acids is 1. The molecule has 0 saturated heterocycles. The summed E-state index contributed by atoms with van der Waals surface area (Å²) < 4.78 is 1.80. The minimum atomic E-state index is -0.963. The number of fused-ring (bicyclic) bond motifs is 1. The molecule has 0 radical (unpaired) electrons. The minimum Gasteiger partial charge on any atom is -0.483 e. The van der Waals surface area contributed by atoms with Crippen LogP contribution in [0.5, 0.6) is 0 Å². The van der Waals surface area contributed by atoms with Gasteiger partial charge in [0.1, 0.15) is 5.69 Å². The molecule has 0 unspecified atom stereocenters. The molecule has 1 aliphatic heterocycles. The largest absolute Gasteiger partial charge is 0.483 e. The van der Waals surface area contributed by atoms with Gasteiger partial charge in [-0.05, 0) is 59.0 Å². The van der Waals surface area contributed by atoms with Gasteiger partial charge in [0.2, 0.25) is 5.91 Å². The van der Waals surface area contributed by atoms with E-state index in [2.05, 4.69) is 15.2 Å². The average Bonchev–Trinajstić information content (AvgIpc) is 3.21. The van der Waals surface area contributed by atoms with Crippen LogP contribution in [-0.4, -0.2) is 86.2 Å². The molecule has 0 saturated carbocycles. The number of nitrogens with zero attached hydrogens (tertiary/aromatic N) is 6. The van der Waals surface area contributed by atoms with Crippen LogP contribution in [0.15, 0.2) is 24.4 Å². The first-order chi connectivity index (χ1) is 16.0. The van der Waals surface area contributed by atoms with Crippen molar-refractivity contribution in [3.63, 3.8) is 0 Å². The van der Waals surface area contributed by atoms with Crippen LogP contribution < -0.4 is 4.90 Å². The van der Waals surface area contributed by atoms with Crippen molar-refractivity contribution in [2.24, 2.45) is 0 Å². The molecule has 0 fully saturated rings. The Labute approximate surface area is 199 Å². The fourth-order valence-corrected chi connectivity index (χ4v) is 4.29. The van der Waals surface area contributed by atoms with Gasteiger partial charge in [-0.3, -0.25) is 19.2 Å². The van der Waals surface area contributed by atoms with E-state index in [-0.39, 0.29) is 30.5 Å². The number of likely N-dealkylation sites (N-methyl/N-ethyl adjacent to an activating group) is 1. The highest BCUT2D eigenvalue weighted by atomic mass is 16.4. The van der Waals surface area contributed by atoms with Crippen molar-refractivity contribution in [3.8, 4) is 11.3 Å². The number of hydrogen-bond donors (Lipinski definition) is 2. The number of rotatable bonds is 6. The van der Waals surface area contributed by atoms with E-state index in [1.165, 1.54) is 4.90 Å². The molecule has 2 heterocycles. The molecule has 0 aliphatic carbocycles. The third kappa shape index (κ3) is 6.10. The molecule has 1 aromatic carbocycles. The molecular formula is C23H34N6O5. The van der Waals surface area contributed by atoms with Gasteiger partial charge in [0.05, 0.1) is 18.8 Å². The molecule has 1 aromatic heterocycles. The van der Waals surface area contributed by atoms with E-state index < -0.39 is 6.09 Å². The summed E-state index contributed by atoms with van der Waals surface area (Å²) in [5.74, 6) is -0.0546. The van der Waals surface area contributed by atoms with Gasteiger partial charge in [0.25, 0.3) is 6.47 Å². The lowest BCUT2D eigenvalue weighted by atomic mass is 9.88. The van der Waals surface area contributed by atoms with Crippen LogP contribution in [-0.2, 0) is 16.1 Å². The summed E-state index contributed by atoms with van der Waals surface area (Å²) in [6.45, 7) is 8.57. The SMILES string of the molecule is CC(=O)N1c2ccc(-c3cn(CCN(C)C)nn3)cc2[C@H](N(C(=O)O)C(C)C)C[C@@H]1C.O=CO. The third-order valence-electron chi connectivity index (χ3n) is 5.71. The number of hydrogen-bond acceptors (Lipinski definition) is 6. The van der Waals surface area contributed by atoms with Crippen LogP contribution in [0.3, 0.4) is 0 Å². The van der Waals surface area contributed by atoms with Gasteiger partial charge in [-0.2, -0.15) is 0 Å². The number of carboxylic acid groups (broad SMARTS) is 2. The number of benzene rings is 1. The zero-order valence-electron chi connectivity index (χ0n) is 20.5. The molecule has 186 valence electrons. The highest BCUT2D eigenvalue weighted by Crippen LogP contribution is 2.42. The highest BCUT2D eigenvalue weighted by Gasteiger charge is 2.38. The van der Waals surface area contributed by atoms with Gasteiger partial charge in [-0.1, -0.05) is 11.3 Å². The summed E-state index contributed by atoms with van der Waals surface area (Å²) in [5, 5.41) is 25.3. The fraction of sp³-hybridized carbons (Fsp3) is 0.522. The number of aromatic nitrogens is 3. The van der Waals surface area contributed by atoms with E-state index in [0.29, 0.717) is 6.42 Å². The predicted molar refractivity (Wildman–Crippen MR) is 128 cm³/mol. The normalized spacial score (nSPS) is 17.1. The Morgan fingerprint density at radius 2 is 1.94 bits per heavy atom. The molecule has 2 amide bonds. The van der Waals surface area contributed by atoms with Crippen LogP contribution in [0.25, 0.3) is 11.3 Å². The Bertz CT molecular complexity index is 1010. The zero-order chi connectivity index (χ0) is 25.6. The maximum atomic E-state index is 12.4. The second-order valence-corrected chi connectivity index (χ2v) is 8.82. The van der Waals surface area contributed by atoms with Gasteiger partial charge in [0.15, 0.2) is 0 Å². The van der Waals surface area contributed by atoms with E-state index in [9.17, 15) is 14.7 Å². The maximum absolute atomic E-state index is 12.4. The summed E-state index contributed by atoms with van der Waals surface area (Å²) in [6, 6.07) is 5.14. The van der Waals surface area contributed by atoms with Crippen LogP contribution in [0.2, 0.25) is 0 Å². The van der Waals surface area contributed by atoms with Crippen LogP contribution >= 0.6 is 0 Å².